The monoisotopic (exact) mass is 414 g/mol. The number of benzene rings is 2. The van der Waals surface area contributed by atoms with Crippen molar-refractivity contribution in [3.8, 4) is 0 Å². The van der Waals surface area contributed by atoms with E-state index in [1.54, 1.807) is 25.1 Å². The molecule has 3 heterocycles. The van der Waals surface area contributed by atoms with Gasteiger partial charge in [-0.2, -0.15) is 0 Å². The highest BCUT2D eigenvalue weighted by atomic mass is 16.2. The molecule has 5 rings (SSSR count). The molecule has 4 aromatic rings. The molecule has 1 amide bonds. The molecule has 31 heavy (non-hydrogen) atoms. The Bertz CT molecular complexity index is 1400. The summed E-state index contributed by atoms with van der Waals surface area (Å²) in [6.07, 6.45) is 2.03. The number of hydrogen-bond donors (Lipinski definition) is 1. The van der Waals surface area contributed by atoms with Crippen LogP contribution >= 0.6 is 0 Å². The summed E-state index contributed by atoms with van der Waals surface area (Å²) in [6.45, 7) is 3.31. The number of nitrogens with zero attached hydrogens (tertiary/aromatic N) is 3. The molecule has 1 unspecified atom stereocenters. The van der Waals surface area contributed by atoms with E-state index in [9.17, 15) is 14.4 Å². The van der Waals surface area contributed by atoms with Crippen molar-refractivity contribution < 1.29 is 4.79 Å². The Morgan fingerprint density at radius 3 is 2.61 bits per heavy atom. The largest absolute Gasteiger partial charge is 0.348 e. The number of H-pyrrole nitrogens is 1. The van der Waals surface area contributed by atoms with Gasteiger partial charge in [0.25, 0.3) is 11.5 Å². The summed E-state index contributed by atoms with van der Waals surface area (Å²) in [7, 11) is 0. The average Bonchev–Trinajstić information content (AvgIpc) is 3.27. The molecule has 0 spiro atoms. The van der Waals surface area contributed by atoms with Crippen molar-refractivity contribution in [2.45, 2.75) is 26.1 Å². The molecule has 2 aromatic heterocycles. The summed E-state index contributed by atoms with van der Waals surface area (Å²) in [5.41, 5.74) is 2.10. The Hall–Kier alpha value is -3.87. The molecule has 0 radical (unpaired) electrons. The minimum atomic E-state index is -0.470. The van der Waals surface area contributed by atoms with Crippen molar-refractivity contribution in [1.82, 2.24) is 19.0 Å². The van der Waals surface area contributed by atoms with E-state index in [0.717, 1.165) is 15.8 Å². The first-order valence-corrected chi connectivity index (χ1v) is 10.4. The number of aromatic nitrogens is 3. The van der Waals surface area contributed by atoms with E-state index in [1.165, 1.54) is 0 Å². The summed E-state index contributed by atoms with van der Waals surface area (Å²) < 4.78 is 3.32. The Labute approximate surface area is 178 Å². The average molecular weight is 414 g/mol. The molecule has 0 saturated carbocycles. The molecule has 1 aliphatic heterocycles. The van der Waals surface area contributed by atoms with Crippen molar-refractivity contribution >= 4 is 16.8 Å². The van der Waals surface area contributed by atoms with Crippen LogP contribution in [0.1, 0.15) is 34.6 Å². The number of amides is 1. The second-order valence-electron chi connectivity index (χ2n) is 7.68. The summed E-state index contributed by atoms with van der Waals surface area (Å²) in [4.78, 5) is 43.0. The van der Waals surface area contributed by atoms with Crippen LogP contribution in [0.4, 0.5) is 0 Å². The maximum absolute atomic E-state index is 13.6. The van der Waals surface area contributed by atoms with Gasteiger partial charge in [0.2, 0.25) is 0 Å². The van der Waals surface area contributed by atoms with Crippen LogP contribution in [0.25, 0.3) is 10.9 Å². The van der Waals surface area contributed by atoms with Gasteiger partial charge in [-0.05, 0) is 42.8 Å². The van der Waals surface area contributed by atoms with Crippen LogP contribution in [0, 0.1) is 0 Å². The van der Waals surface area contributed by atoms with Crippen LogP contribution in [0.15, 0.2) is 76.4 Å². The van der Waals surface area contributed by atoms with Gasteiger partial charge in [-0.1, -0.05) is 30.3 Å². The molecule has 0 fully saturated rings. The quantitative estimate of drug-likeness (QED) is 0.560. The van der Waals surface area contributed by atoms with Gasteiger partial charge in [0.05, 0.1) is 16.9 Å². The zero-order chi connectivity index (χ0) is 21.5. The van der Waals surface area contributed by atoms with Crippen LogP contribution in [0.3, 0.4) is 0 Å². The van der Waals surface area contributed by atoms with Crippen molar-refractivity contribution in [3.63, 3.8) is 0 Å². The highest BCUT2D eigenvalue weighted by Gasteiger charge is 2.32. The van der Waals surface area contributed by atoms with E-state index in [0.29, 0.717) is 29.6 Å². The lowest BCUT2D eigenvalue weighted by Crippen LogP contribution is -2.42. The van der Waals surface area contributed by atoms with E-state index in [2.05, 4.69) is 9.55 Å². The topological polar surface area (TPSA) is 80.1 Å². The van der Waals surface area contributed by atoms with Gasteiger partial charge in [0.15, 0.2) is 0 Å². The molecule has 2 aromatic carbocycles. The minimum absolute atomic E-state index is 0.135. The lowest BCUT2D eigenvalue weighted by Gasteiger charge is -2.37. The normalized spacial score (nSPS) is 15.8. The number of carbonyl (C=O) groups excluding carboxylic acids is 1. The van der Waals surface area contributed by atoms with E-state index in [1.807, 2.05) is 53.6 Å². The molecule has 0 bridgehead atoms. The third kappa shape index (κ3) is 3.09. The zero-order valence-corrected chi connectivity index (χ0v) is 17.1. The number of carbonyl (C=O) groups is 1. The Balaban J connectivity index is 1.60. The van der Waals surface area contributed by atoms with Crippen molar-refractivity contribution in [2.75, 3.05) is 6.54 Å². The Morgan fingerprint density at radius 1 is 1.03 bits per heavy atom. The number of aromatic amines is 1. The van der Waals surface area contributed by atoms with Gasteiger partial charge < -0.3 is 14.5 Å². The molecule has 7 nitrogen and oxygen atoms in total. The second kappa shape index (κ2) is 7.43. The molecule has 7 heteroatoms. The molecular formula is C24H22N4O3. The first-order valence-electron chi connectivity index (χ1n) is 10.4. The SMILES string of the molecule is CCn1c(=O)[nH]c2cc(C(=O)N3CCn4cccc4C3c3ccccc3)ccc2c1=O. The maximum Gasteiger partial charge on any atom is 0.328 e. The molecule has 0 aliphatic carbocycles. The van der Waals surface area contributed by atoms with Crippen molar-refractivity contribution in [2.24, 2.45) is 0 Å². The number of nitrogens with one attached hydrogen (secondary N) is 1. The van der Waals surface area contributed by atoms with E-state index in [4.69, 9.17) is 0 Å². The van der Waals surface area contributed by atoms with Crippen LogP contribution in [0.2, 0.25) is 0 Å². The summed E-state index contributed by atoms with van der Waals surface area (Å²) >= 11 is 0. The fourth-order valence-corrected chi connectivity index (χ4v) is 4.43. The van der Waals surface area contributed by atoms with E-state index in [-0.39, 0.29) is 24.1 Å². The van der Waals surface area contributed by atoms with Crippen LogP contribution < -0.4 is 11.2 Å². The number of fused-ring (bicyclic) bond motifs is 2. The lowest BCUT2D eigenvalue weighted by molar-refractivity contribution is 0.0664. The second-order valence-corrected chi connectivity index (χ2v) is 7.68. The summed E-state index contributed by atoms with van der Waals surface area (Å²) in [5.74, 6) is -0.135. The van der Waals surface area contributed by atoms with E-state index < -0.39 is 5.69 Å². The van der Waals surface area contributed by atoms with Gasteiger partial charge in [0.1, 0.15) is 0 Å². The van der Waals surface area contributed by atoms with Gasteiger partial charge in [-0.25, -0.2) is 4.79 Å². The standard InChI is InChI=1S/C24H22N4O3/c1-2-27-23(30)18-11-10-17(15-19(18)25-24(27)31)22(29)28-14-13-26-12-6-9-20(26)21(28)16-7-4-3-5-8-16/h3-12,15,21H,2,13-14H2,1H3,(H,25,31). The number of rotatable bonds is 3. The smallest absolute Gasteiger partial charge is 0.328 e. The van der Waals surface area contributed by atoms with Crippen LogP contribution in [-0.2, 0) is 13.1 Å². The van der Waals surface area contributed by atoms with Crippen molar-refractivity contribution in [3.05, 3.63) is 105 Å². The highest BCUT2D eigenvalue weighted by molar-refractivity contribution is 5.98. The Kier molecular flexibility index (Phi) is 4.58. The minimum Gasteiger partial charge on any atom is -0.348 e. The molecule has 1 atom stereocenters. The molecular weight excluding hydrogens is 392 g/mol. The fraction of sp³-hybridized carbons (Fsp3) is 0.208. The van der Waals surface area contributed by atoms with Gasteiger partial charge in [-0.3, -0.25) is 14.2 Å². The molecule has 0 saturated heterocycles. The van der Waals surface area contributed by atoms with E-state index >= 15 is 0 Å². The first kappa shape index (κ1) is 19.1. The lowest BCUT2D eigenvalue weighted by atomic mass is 9.98. The Morgan fingerprint density at radius 2 is 1.84 bits per heavy atom. The van der Waals surface area contributed by atoms with Crippen LogP contribution in [0.5, 0.6) is 0 Å². The van der Waals surface area contributed by atoms with Gasteiger partial charge in [0, 0.05) is 37.1 Å². The fourth-order valence-electron chi connectivity index (χ4n) is 4.43. The molecule has 156 valence electrons. The van der Waals surface area contributed by atoms with Crippen molar-refractivity contribution in [1.29, 1.82) is 0 Å². The highest BCUT2D eigenvalue weighted by Crippen LogP contribution is 2.33. The first-order chi connectivity index (χ1) is 15.1. The maximum atomic E-state index is 13.6. The zero-order valence-electron chi connectivity index (χ0n) is 17.1. The van der Waals surface area contributed by atoms with Gasteiger partial charge in [-0.15, -0.1) is 0 Å². The third-order valence-corrected chi connectivity index (χ3v) is 5.96. The molecule has 1 aliphatic rings. The predicted octanol–water partition coefficient (Wildman–Crippen LogP) is 2.76. The summed E-state index contributed by atoms with van der Waals surface area (Å²) in [5, 5.41) is 0.394. The summed E-state index contributed by atoms with van der Waals surface area (Å²) in [6, 6.07) is 18.7. The van der Waals surface area contributed by atoms with Gasteiger partial charge >= 0.3 is 5.69 Å². The number of hydrogen-bond acceptors (Lipinski definition) is 3. The predicted molar refractivity (Wildman–Crippen MR) is 118 cm³/mol. The van der Waals surface area contributed by atoms with Crippen LogP contribution in [-0.4, -0.2) is 31.5 Å². The molecule has 1 N–H and O–H groups in total. The third-order valence-electron chi connectivity index (χ3n) is 5.96.